The molecule has 0 saturated carbocycles. The molecule has 0 unspecified atom stereocenters. The van der Waals surface area contributed by atoms with E-state index in [0.29, 0.717) is 17.9 Å². The van der Waals surface area contributed by atoms with Crippen molar-refractivity contribution in [2.75, 3.05) is 7.11 Å². The number of amides is 1. The summed E-state index contributed by atoms with van der Waals surface area (Å²) in [7, 11) is 1.54. The highest BCUT2D eigenvalue weighted by atomic mass is 79.9. The van der Waals surface area contributed by atoms with Crippen molar-refractivity contribution in [2.24, 2.45) is 5.10 Å². The van der Waals surface area contributed by atoms with Gasteiger partial charge in [0.05, 0.1) is 13.3 Å². The van der Waals surface area contributed by atoms with Crippen molar-refractivity contribution in [1.82, 2.24) is 9.99 Å². The minimum atomic E-state index is -0.465. The highest BCUT2D eigenvalue weighted by Gasteiger charge is 2.15. The summed E-state index contributed by atoms with van der Waals surface area (Å²) in [6.45, 7) is 0.573. The number of furan rings is 1. The molecule has 0 saturated heterocycles. The van der Waals surface area contributed by atoms with Gasteiger partial charge in [-0.05, 0) is 59.7 Å². The van der Waals surface area contributed by atoms with E-state index >= 15 is 0 Å². The number of carbonyl (C=O) groups excluding carboxylic acids is 1. The van der Waals surface area contributed by atoms with Gasteiger partial charge < -0.3 is 13.7 Å². The molecule has 0 aliphatic carbocycles. The van der Waals surface area contributed by atoms with E-state index < -0.39 is 5.91 Å². The summed E-state index contributed by atoms with van der Waals surface area (Å²) >= 11 is 3.41. The zero-order valence-corrected chi connectivity index (χ0v) is 19.7. The largest absolute Gasteiger partial charge is 0.493 e. The molecule has 3 aromatic carbocycles. The number of benzene rings is 3. The van der Waals surface area contributed by atoms with E-state index in [2.05, 4.69) is 31.0 Å². The molecule has 0 fully saturated rings. The molecule has 0 radical (unpaired) electrons. The van der Waals surface area contributed by atoms with Crippen LogP contribution in [-0.4, -0.2) is 23.8 Å². The number of carbonyl (C=O) groups is 1. The monoisotopic (exact) mass is 519 g/mol. The lowest BCUT2D eigenvalue weighted by Gasteiger charge is -2.06. The lowest BCUT2D eigenvalue weighted by Crippen LogP contribution is -2.16. The molecular weight excluding hydrogens is 501 g/mol. The molecule has 8 heteroatoms. The normalized spacial score (nSPS) is 11.5. The van der Waals surface area contributed by atoms with Crippen LogP contribution in [0.5, 0.6) is 5.75 Å². The van der Waals surface area contributed by atoms with Crippen LogP contribution in [0.15, 0.2) is 86.9 Å². The molecule has 6 nitrogen and oxygen atoms in total. The lowest BCUT2D eigenvalue weighted by molar-refractivity contribution is 0.0929. The second kappa shape index (κ2) is 9.15. The fraction of sp³-hybridized carbons (Fsp3) is 0.0769. The molecule has 5 aromatic rings. The number of hydrogen-bond acceptors (Lipinski definition) is 4. The van der Waals surface area contributed by atoms with Gasteiger partial charge in [-0.15, -0.1) is 0 Å². The van der Waals surface area contributed by atoms with Gasteiger partial charge in [-0.3, -0.25) is 4.79 Å². The predicted octanol–water partition coefficient (Wildman–Crippen LogP) is 6.11. The molecule has 0 aliphatic rings. The van der Waals surface area contributed by atoms with Crippen LogP contribution in [-0.2, 0) is 6.54 Å². The van der Waals surface area contributed by atoms with Crippen LogP contribution in [0, 0.1) is 5.82 Å². The Hall–Kier alpha value is -3.91. The number of fused-ring (bicyclic) bond motifs is 2. The number of aromatic nitrogens is 1. The summed E-state index contributed by atoms with van der Waals surface area (Å²) in [6, 6.07) is 19.7. The molecule has 0 bridgehead atoms. The van der Waals surface area contributed by atoms with Crippen LogP contribution < -0.4 is 10.2 Å². The molecule has 0 spiro atoms. The number of ether oxygens (including phenoxy) is 1. The van der Waals surface area contributed by atoms with Gasteiger partial charge >= 0.3 is 5.91 Å². The van der Waals surface area contributed by atoms with Crippen LogP contribution in [0.2, 0.25) is 0 Å². The first-order valence-corrected chi connectivity index (χ1v) is 11.2. The molecule has 1 amide bonds. The van der Waals surface area contributed by atoms with E-state index in [4.69, 9.17) is 9.15 Å². The van der Waals surface area contributed by atoms with Crippen LogP contribution >= 0.6 is 15.9 Å². The average Bonchev–Trinajstić information content (AvgIpc) is 3.42. The third kappa shape index (κ3) is 4.45. The Morgan fingerprint density at radius 1 is 1.15 bits per heavy atom. The Bertz CT molecular complexity index is 1550. The van der Waals surface area contributed by atoms with Gasteiger partial charge in [-0.2, -0.15) is 5.10 Å². The first-order valence-electron chi connectivity index (χ1n) is 10.4. The number of methoxy groups -OCH3 is 1. The summed E-state index contributed by atoms with van der Waals surface area (Å²) in [5, 5.41) is 5.83. The quantitative estimate of drug-likeness (QED) is 0.217. The van der Waals surface area contributed by atoms with E-state index in [1.807, 2.05) is 42.6 Å². The Morgan fingerprint density at radius 3 is 2.85 bits per heavy atom. The molecule has 170 valence electrons. The maximum atomic E-state index is 13.5. The van der Waals surface area contributed by atoms with E-state index in [0.717, 1.165) is 31.9 Å². The first kappa shape index (κ1) is 21.9. The maximum absolute atomic E-state index is 13.5. The third-order valence-electron chi connectivity index (χ3n) is 5.41. The van der Waals surface area contributed by atoms with Crippen molar-refractivity contribution >= 4 is 49.9 Å². The second-order valence-electron chi connectivity index (χ2n) is 7.73. The fourth-order valence-corrected chi connectivity index (χ4v) is 4.29. The van der Waals surface area contributed by atoms with E-state index in [1.54, 1.807) is 31.5 Å². The topological polar surface area (TPSA) is 68.8 Å². The van der Waals surface area contributed by atoms with Crippen molar-refractivity contribution in [3.05, 3.63) is 100 Å². The van der Waals surface area contributed by atoms with Crippen LogP contribution in [0.4, 0.5) is 4.39 Å². The molecular formula is C26H19BrFN3O3. The predicted molar refractivity (Wildman–Crippen MR) is 133 cm³/mol. The molecule has 1 N–H and O–H groups in total. The summed E-state index contributed by atoms with van der Waals surface area (Å²) in [5.74, 6) is -0.0462. The Labute approximate surface area is 202 Å². The van der Waals surface area contributed by atoms with Gasteiger partial charge in [0.1, 0.15) is 5.82 Å². The van der Waals surface area contributed by atoms with Crippen LogP contribution in [0.3, 0.4) is 0 Å². The summed E-state index contributed by atoms with van der Waals surface area (Å²) in [5.41, 5.74) is 5.73. The summed E-state index contributed by atoms with van der Waals surface area (Å²) in [4.78, 5) is 12.5. The summed E-state index contributed by atoms with van der Waals surface area (Å²) < 4.78 is 27.3. The van der Waals surface area contributed by atoms with Crippen molar-refractivity contribution in [3.63, 3.8) is 0 Å². The third-order valence-corrected chi connectivity index (χ3v) is 5.87. The van der Waals surface area contributed by atoms with Crippen LogP contribution in [0.1, 0.15) is 21.7 Å². The van der Waals surface area contributed by atoms with Crippen molar-refractivity contribution in [1.29, 1.82) is 0 Å². The van der Waals surface area contributed by atoms with Gasteiger partial charge in [0.25, 0.3) is 0 Å². The highest BCUT2D eigenvalue weighted by molar-refractivity contribution is 9.10. The van der Waals surface area contributed by atoms with E-state index in [-0.39, 0.29) is 11.6 Å². The molecule has 0 atom stereocenters. The first-order chi connectivity index (χ1) is 16.5. The molecule has 0 aliphatic heterocycles. The Kier molecular flexibility index (Phi) is 5.90. The van der Waals surface area contributed by atoms with E-state index in [1.165, 1.54) is 12.1 Å². The number of halogens is 2. The van der Waals surface area contributed by atoms with Crippen LogP contribution in [0.25, 0.3) is 21.9 Å². The number of hydrogen-bond donors (Lipinski definition) is 1. The number of nitrogens with zero attached hydrogens (tertiary/aromatic N) is 2. The lowest BCUT2D eigenvalue weighted by atomic mass is 10.1. The highest BCUT2D eigenvalue weighted by Crippen LogP contribution is 2.32. The van der Waals surface area contributed by atoms with Crippen molar-refractivity contribution < 1.29 is 18.3 Å². The van der Waals surface area contributed by atoms with E-state index in [9.17, 15) is 9.18 Å². The van der Waals surface area contributed by atoms with Gasteiger partial charge in [0.2, 0.25) is 0 Å². The number of hydrazone groups is 1. The Morgan fingerprint density at radius 2 is 2.03 bits per heavy atom. The standard InChI is InChI=1S/C26H19BrFN3O3/c1-33-23-13-20(27)11-19-12-24(34-25(19)23)26(32)30-29-14-16-5-6-22-18(9-16)7-8-31(22)15-17-3-2-4-21(28)10-17/h2-14H,15H2,1H3,(H,30,32)/b29-14+. The average molecular weight is 520 g/mol. The van der Waals surface area contributed by atoms with Crippen molar-refractivity contribution in [2.45, 2.75) is 6.54 Å². The maximum Gasteiger partial charge on any atom is 0.307 e. The molecule has 2 heterocycles. The van der Waals surface area contributed by atoms with Gasteiger partial charge in [-0.25, -0.2) is 9.82 Å². The second-order valence-corrected chi connectivity index (χ2v) is 8.64. The minimum absolute atomic E-state index is 0.133. The molecule has 2 aromatic heterocycles. The SMILES string of the molecule is COc1cc(Br)cc2cc(C(=O)N/N=C/c3ccc4c(ccn4Cc4cccc(F)c4)c3)oc12. The van der Waals surface area contributed by atoms with Gasteiger partial charge in [-0.1, -0.05) is 34.1 Å². The number of rotatable bonds is 6. The zero-order chi connectivity index (χ0) is 23.7. The molecule has 34 heavy (non-hydrogen) atoms. The molecule has 5 rings (SSSR count). The van der Waals surface area contributed by atoms with Gasteiger partial charge in [0.15, 0.2) is 17.1 Å². The Balaban J connectivity index is 1.29. The number of nitrogens with one attached hydrogen (secondary N) is 1. The minimum Gasteiger partial charge on any atom is -0.493 e. The van der Waals surface area contributed by atoms with Crippen molar-refractivity contribution in [3.8, 4) is 5.75 Å². The van der Waals surface area contributed by atoms with Gasteiger partial charge in [0, 0.05) is 33.5 Å². The zero-order valence-electron chi connectivity index (χ0n) is 18.1. The smallest absolute Gasteiger partial charge is 0.307 e. The fourth-order valence-electron chi connectivity index (χ4n) is 3.84. The summed E-state index contributed by atoms with van der Waals surface area (Å²) in [6.07, 6.45) is 3.54.